The highest BCUT2D eigenvalue weighted by Crippen LogP contribution is 2.13. The zero-order valence-electron chi connectivity index (χ0n) is 19.5. The second-order valence-corrected chi connectivity index (χ2v) is 9.00. The molecule has 0 fully saturated rings. The quantitative estimate of drug-likeness (QED) is 0.570. The summed E-state index contributed by atoms with van der Waals surface area (Å²) in [4.78, 5) is 27.4. The zero-order valence-corrected chi connectivity index (χ0v) is 19.5. The number of carbonyl (C=O) groups excluding carboxylic acids is 2. The third kappa shape index (κ3) is 8.83. The zero-order chi connectivity index (χ0) is 22.9. The number of hydrogen-bond donors (Lipinski definition) is 1. The number of benzene rings is 2. The first-order valence-corrected chi connectivity index (χ1v) is 11.0. The van der Waals surface area contributed by atoms with Gasteiger partial charge < -0.3 is 15.0 Å². The highest BCUT2D eigenvalue weighted by Gasteiger charge is 2.27. The van der Waals surface area contributed by atoms with Gasteiger partial charge in [-0.15, -0.1) is 0 Å². The predicted molar refractivity (Wildman–Crippen MR) is 125 cm³/mol. The molecule has 1 unspecified atom stereocenters. The van der Waals surface area contributed by atoms with Gasteiger partial charge in [-0.2, -0.15) is 0 Å². The van der Waals surface area contributed by atoms with Crippen LogP contribution in [0.4, 0.5) is 0 Å². The van der Waals surface area contributed by atoms with Gasteiger partial charge in [0.1, 0.15) is 11.8 Å². The van der Waals surface area contributed by atoms with Gasteiger partial charge in [-0.3, -0.25) is 9.59 Å². The second-order valence-electron chi connectivity index (χ2n) is 9.00. The Labute approximate surface area is 186 Å². The molecule has 0 aromatic heterocycles. The molecule has 168 valence electrons. The number of rotatable bonds is 10. The number of ether oxygens (including phenoxy) is 1. The van der Waals surface area contributed by atoms with Crippen molar-refractivity contribution < 1.29 is 14.3 Å². The lowest BCUT2D eigenvalue weighted by Crippen LogP contribution is -2.53. The Kier molecular flexibility index (Phi) is 9.10. The highest BCUT2D eigenvalue weighted by atomic mass is 16.5. The van der Waals surface area contributed by atoms with E-state index >= 15 is 0 Å². The van der Waals surface area contributed by atoms with Crippen molar-refractivity contribution in [1.29, 1.82) is 0 Å². The molecule has 0 radical (unpaired) electrons. The van der Waals surface area contributed by atoms with E-state index in [2.05, 4.69) is 5.32 Å². The van der Waals surface area contributed by atoms with E-state index in [-0.39, 0.29) is 17.4 Å². The maximum absolute atomic E-state index is 13.0. The summed E-state index contributed by atoms with van der Waals surface area (Å²) < 4.78 is 5.74. The molecule has 1 N–H and O–H groups in total. The van der Waals surface area contributed by atoms with Gasteiger partial charge >= 0.3 is 0 Å². The molecular weight excluding hydrogens is 388 g/mol. The maximum Gasteiger partial charge on any atom is 0.242 e. The molecule has 0 bridgehead atoms. The number of nitrogens with zero attached hydrogens (tertiary/aromatic N) is 1. The van der Waals surface area contributed by atoms with Crippen molar-refractivity contribution in [2.45, 2.75) is 65.5 Å². The molecule has 0 aliphatic rings. The average molecular weight is 425 g/mol. The molecule has 0 aliphatic carbocycles. The summed E-state index contributed by atoms with van der Waals surface area (Å²) in [5.41, 5.74) is 1.98. The van der Waals surface area contributed by atoms with Crippen LogP contribution in [0.5, 0.6) is 5.75 Å². The van der Waals surface area contributed by atoms with Crippen LogP contribution in [-0.2, 0) is 16.0 Å². The molecule has 0 saturated carbocycles. The van der Waals surface area contributed by atoms with Gasteiger partial charge in [0.15, 0.2) is 0 Å². The smallest absolute Gasteiger partial charge is 0.242 e. The number of amides is 2. The summed E-state index contributed by atoms with van der Waals surface area (Å²) in [5, 5.41) is 2.99. The number of hydrogen-bond acceptors (Lipinski definition) is 3. The summed E-state index contributed by atoms with van der Waals surface area (Å²) in [6.07, 6.45) is 1.65. The molecule has 5 heteroatoms. The highest BCUT2D eigenvalue weighted by molar-refractivity contribution is 5.87. The van der Waals surface area contributed by atoms with Crippen LogP contribution in [0.2, 0.25) is 0 Å². The van der Waals surface area contributed by atoms with Crippen LogP contribution in [0, 0.1) is 6.92 Å². The van der Waals surface area contributed by atoms with Crippen LogP contribution in [0.25, 0.3) is 0 Å². The van der Waals surface area contributed by atoms with Crippen LogP contribution < -0.4 is 10.1 Å². The minimum atomic E-state index is -0.534. The first kappa shape index (κ1) is 24.4. The largest absolute Gasteiger partial charge is 0.494 e. The number of aryl methyl sites for hydroxylation is 1. The van der Waals surface area contributed by atoms with Crippen LogP contribution in [-0.4, -0.2) is 41.4 Å². The molecule has 2 aromatic rings. The fraction of sp³-hybridized carbons (Fsp3) is 0.462. The monoisotopic (exact) mass is 424 g/mol. The average Bonchev–Trinajstić information content (AvgIpc) is 2.72. The fourth-order valence-corrected chi connectivity index (χ4v) is 3.24. The van der Waals surface area contributed by atoms with Crippen molar-refractivity contribution in [3.05, 3.63) is 65.7 Å². The topological polar surface area (TPSA) is 58.6 Å². The van der Waals surface area contributed by atoms with Gasteiger partial charge in [-0.05, 0) is 65.2 Å². The van der Waals surface area contributed by atoms with E-state index in [1.54, 1.807) is 11.8 Å². The van der Waals surface area contributed by atoms with Gasteiger partial charge in [-0.1, -0.05) is 48.0 Å². The Bertz CT molecular complexity index is 826. The predicted octanol–water partition coefficient (Wildman–Crippen LogP) is 4.53. The molecule has 1 atom stereocenters. The minimum Gasteiger partial charge on any atom is -0.494 e. The molecule has 2 rings (SSSR count). The molecular formula is C26H36N2O3. The molecule has 0 heterocycles. The Morgan fingerprint density at radius 2 is 1.68 bits per heavy atom. The Morgan fingerprint density at radius 3 is 2.29 bits per heavy atom. The van der Waals surface area contributed by atoms with Gasteiger partial charge in [-0.25, -0.2) is 0 Å². The molecule has 2 amide bonds. The van der Waals surface area contributed by atoms with E-state index in [1.807, 2.05) is 82.3 Å². The van der Waals surface area contributed by atoms with E-state index in [0.717, 1.165) is 11.3 Å². The van der Waals surface area contributed by atoms with E-state index in [4.69, 9.17) is 4.74 Å². The Hall–Kier alpha value is -2.82. The van der Waals surface area contributed by atoms with Gasteiger partial charge in [0.25, 0.3) is 0 Å². The SMILES string of the molecule is Cc1ccc(OCCCC(=O)N(CCc2ccccc2)C(C)C(=O)NC(C)(C)C)cc1. The Balaban J connectivity index is 1.95. The van der Waals surface area contributed by atoms with Crippen molar-refractivity contribution >= 4 is 11.8 Å². The van der Waals surface area contributed by atoms with Crippen molar-refractivity contribution in [1.82, 2.24) is 10.2 Å². The lowest BCUT2D eigenvalue weighted by molar-refractivity contribution is -0.140. The van der Waals surface area contributed by atoms with Crippen LogP contribution in [0.1, 0.15) is 51.7 Å². The van der Waals surface area contributed by atoms with Gasteiger partial charge in [0, 0.05) is 18.5 Å². The second kappa shape index (κ2) is 11.5. The summed E-state index contributed by atoms with van der Waals surface area (Å²) in [6.45, 7) is 10.6. The van der Waals surface area contributed by atoms with Crippen LogP contribution in [0.3, 0.4) is 0 Å². The lowest BCUT2D eigenvalue weighted by Gasteiger charge is -2.31. The summed E-state index contributed by atoms with van der Waals surface area (Å²) in [5.74, 6) is 0.640. The molecule has 0 saturated heterocycles. The summed E-state index contributed by atoms with van der Waals surface area (Å²) in [7, 11) is 0. The van der Waals surface area contributed by atoms with E-state index in [0.29, 0.717) is 32.4 Å². The Morgan fingerprint density at radius 1 is 1.03 bits per heavy atom. The standard InChI is InChI=1S/C26H36N2O3/c1-20-13-15-23(16-14-20)31-19-9-12-24(29)28(18-17-22-10-7-6-8-11-22)21(2)25(30)27-26(3,4)5/h6-8,10-11,13-16,21H,9,12,17-19H2,1-5H3,(H,27,30). The maximum atomic E-state index is 13.0. The number of carbonyl (C=O) groups is 2. The summed E-state index contributed by atoms with van der Waals surface area (Å²) in [6, 6.07) is 17.4. The molecule has 0 aliphatic heterocycles. The number of nitrogens with one attached hydrogen (secondary N) is 1. The first-order chi connectivity index (χ1) is 14.7. The third-order valence-corrected chi connectivity index (χ3v) is 4.97. The molecule has 5 nitrogen and oxygen atoms in total. The molecule has 31 heavy (non-hydrogen) atoms. The third-order valence-electron chi connectivity index (χ3n) is 4.97. The first-order valence-electron chi connectivity index (χ1n) is 11.0. The molecule has 2 aromatic carbocycles. The van der Waals surface area contributed by atoms with Gasteiger partial charge in [0.05, 0.1) is 6.61 Å². The van der Waals surface area contributed by atoms with E-state index in [1.165, 1.54) is 5.56 Å². The van der Waals surface area contributed by atoms with Gasteiger partial charge in [0.2, 0.25) is 11.8 Å². The normalized spacial score (nSPS) is 12.2. The van der Waals surface area contributed by atoms with Crippen LogP contribution >= 0.6 is 0 Å². The lowest BCUT2D eigenvalue weighted by atomic mass is 10.1. The van der Waals surface area contributed by atoms with Crippen LogP contribution in [0.15, 0.2) is 54.6 Å². The minimum absolute atomic E-state index is 0.0278. The van der Waals surface area contributed by atoms with E-state index < -0.39 is 6.04 Å². The summed E-state index contributed by atoms with van der Waals surface area (Å²) >= 11 is 0. The fourth-order valence-electron chi connectivity index (χ4n) is 3.24. The van der Waals surface area contributed by atoms with Crippen molar-refractivity contribution in [2.75, 3.05) is 13.2 Å². The van der Waals surface area contributed by atoms with E-state index in [9.17, 15) is 9.59 Å². The van der Waals surface area contributed by atoms with Crippen molar-refractivity contribution in [3.8, 4) is 5.75 Å². The van der Waals surface area contributed by atoms with Crippen molar-refractivity contribution in [3.63, 3.8) is 0 Å². The molecule has 0 spiro atoms. The van der Waals surface area contributed by atoms with Crippen molar-refractivity contribution in [2.24, 2.45) is 0 Å².